The molecule has 2 aliphatic rings. The van der Waals surface area contributed by atoms with Gasteiger partial charge in [-0.25, -0.2) is 0 Å². The Bertz CT molecular complexity index is 1510. The van der Waals surface area contributed by atoms with E-state index < -0.39 is 32.2 Å². The van der Waals surface area contributed by atoms with E-state index in [0.717, 1.165) is 13.0 Å². The van der Waals surface area contributed by atoms with E-state index >= 15 is 0 Å². The Morgan fingerprint density at radius 3 is 2.77 bits per heavy atom. The first kappa shape index (κ1) is 31.0. The van der Waals surface area contributed by atoms with Gasteiger partial charge in [0.25, 0.3) is 0 Å². The summed E-state index contributed by atoms with van der Waals surface area (Å²) in [5.41, 5.74) is 2.38. The van der Waals surface area contributed by atoms with Crippen molar-refractivity contribution in [2.45, 2.75) is 36.2 Å². The molecule has 0 saturated carbocycles. The number of ether oxygens (including phenoxy) is 2. The van der Waals surface area contributed by atoms with Crippen LogP contribution in [-0.2, 0) is 4.74 Å². The van der Waals surface area contributed by atoms with Crippen molar-refractivity contribution in [1.29, 1.82) is 0 Å². The van der Waals surface area contributed by atoms with Crippen molar-refractivity contribution in [3.05, 3.63) is 53.7 Å². The van der Waals surface area contributed by atoms with Gasteiger partial charge in [-0.05, 0) is 6.42 Å². The summed E-state index contributed by atoms with van der Waals surface area (Å²) in [5.74, 6) is 6.03. The number of amides is 1. The molecule has 2 fully saturated rings. The SMILES string of the molecule is COc1cc(C(=O)N[C@@H]2CCOC2)ccc1NCC#Cc1cc2c(N[C@@H]3CCN(C)C[C@@H]3F)cccn2c1[Se]C(F)(F)F. The van der Waals surface area contributed by atoms with Crippen LogP contribution in [0, 0.1) is 11.8 Å². The van der Waals surface area contributed by atoms with Crippen molar-refractivity contribution in [2.75, 3.05) is 57.6 Å². The summed E-state index contributed by atoms with van der Waals surface area (Å²) in [6, 6.07) is 9.56. The van der Waals surface area contributed by atoms with E-state index in [1.165, 1.54) is 11.5 Å². The molecule has 0 radical (unpaired) electrons. The molecule has 2 aliphatic heterocycles. The number of aromatic nitrogens is 1. The van der Waals surface area contributed by atoms with Crippen LogP contribution in [-0.4, -0.2) is 101 Å². The number of hydrogen-bond donors (Lipinski definition) is 3. The number of likely N-dealkylation sites (tertiary alicyclic amines) is 1. The molecule has 4 heterocycles. The molecule has 3 N–H and O–H groups in total. The maximum absolute atomic E-state index is 14.7. The number of fused-ring (bicyclic) bond motifs is 1. The molecule has 1 aromatic carbocycles. The molecular formula is C30H33F4N5O3Se. The summed E-state index contributed by atoms with van der Waals surface area (Å²) >= 11 is -1.85. The third-order valence-corrected chi connectivity index (χ3v) is 9.15. The van der Waals surface area contributed by atoms with Crippen molar-refractivity contribution < 1.29 is 31.8 Å². The van der Waals surface area contributed by atoms with E-state index in [2.05, 4.69) is 27.8 Å². The van der Waals surface area contributed by atoms with Gasteiger partial charge >= 0.3 is 224 Å². The number of hydrogen-bond acceptors (Lipinski definition) is 6. The minimum atomic E-state index is -4.39. The Labute approximate surface area is 253 Å². The Kier molecular flexibility index (Phi) is 9.71. The Morgan fingerprint density at radius 2 is 2.05 bits per heavy atom. The van der Waals surface area contributed by atoms with Crippen LogP contribution in [0.4, 0.5) is 28.9 Å². The number of carbonyl (C=O) groups is 1. The average Bonchev–Trinajstić information content (AvgIpc) is 3.60. The van der Waals surface area contributed by atoms with Gasteiger partial charge in [-0.15, -0.1) is 0 Å². The molecule has 5 rings (SSSR count). The van der Waals surface area contributed by atoms with Gasteiger partial charge in [-0.1, -0.05) is 0 Å². The fraction of sp³-hybridized carbons (Fsp3) is 0.433. The van der Waals surface area contributed by atoms with Crippen molar-refractivity contribution in [1.82, 2.24) is 14.6 Å². The molecule has 2 saturated heterocycles. The van der Waals surface area contributed by atoms with Crippen LogP contribution >= 0.6 is 0 Å². The van der Waals surface area contributed by atoms with E-state index in [0.29, 0.717) is 54.4 Å². The zero-order valence-electron chi connectivity index (χ0n) is 23.8. The summed E-state index contributed by atoms with van der Waals surface area (Å²) in [4.78, 5) is 14.5. The van der Waals surface area contributed by atoms with E-state index in [9.17, 15) is 22.4 Å². The van der Waals surface area contributed by atoms with Crippen molar-refractivity contribution in [3.63, 3.8) is 0 Å². The second-order valence-corrected chi connectivity index (χ2v) is 12.7. The first-order valence-electron chi connectivity index (χ1n) is 13.9. The number of rotatable bonds is 8. The van der Waals surface area contributed by atoms with Gasteiger partial charge in [0.15, 0.2) is 0 Å². The van der Waals surface area contributed by atoms with E-state index in [-0.39, 0.29) is 28.6 Å². The molecule has 8 nitrogen and oxygen atoms in total. The molecule has 1 amide bonds. The third kappa shape index (κ3) is 7.75. The number of carbonyl (C=O) groups excluding carboxylic acids is 1. The van der Waals surface area contributed by atoms with Gasteiger partial charge in [0, 0.05) is 6.61 Å². The number of nitrogens with zero attached hydrogens (tertiary/aromatic N) is 2. The second kappa shape index (κ2) is 13.5. The monoisotopic (exact) mass is 667 g/mol. The van der Waals surface area contributed by atoms with Gasteiger partial charge in [-0.2, -0.15) is 0 Å². The van der Waals surface area contributed by atoms with Crippen molar-refractivity contribution >= 4 is 42.3 Å². The number of methoxy groups -OCH3 is 1. The molecule has 2 aromatic heterocycles. The molecule has 43 heavy (non-hydrogen) atoms. The predicted molar refractivity (Wildman–Crippen MR) is 158 cm³/mol. The molecule has 3 aromatic rings. The van der Waals surface area contributed by atoms with Gasteiger partial charge in [0.2, 0.25) is 0 Å². The number of nitrogens with one attached hydrogen (secondary N) is 3. The number of halogens is 4. The van der Waals surface area contributed by atoms with Crippen molar-refractivity contribution in [2.24, 2.45) is 0 Å². The van der Waals surface area contributed by atoms with Crippen LogP contribution in [0.5, 0.6) is 5.75 Å². The number of benzene rings is 1. The first-order chi connectivity index (χ1) is 20.6. The van der Waals surface area contributed by atoms with Crippen LogP contribution in [0.3, 0.4) is 0 Å². The fourth-order valence-corrected chi connectivity index (χ4v) is 6.65. The third-order valence-electron chi connectivity index (χ3n) is 7.38. The van der Waals surface area contributed by atoms with Gasteiger partial charge < -0.3 is 4.74 Å². The summed E-state index contributed by atoms with van der Waals surface area (Å²) in [6.45, 7) is 2.25. The van der Waals surface area contributed by atoms with E-state index in [1.807, 2.05) is 11.9 Å². The predicted octanol–water partition coefficient (Wildman–Crippen LogP) is 3.23. The Morgan fingerprint density at radius 1 is 1.21 bits per heavy atom. The van der Waals surface area contributed by atoms with Crippen LogP contribution in [0.25, 0.3) is 5.52 Å². The molecular weight excluding hydrogens is 633 g/mol. The fourth-order valence-electron chi connectivity index (χ4n) is 5.19. The molecule has 0 unspecified atom stereocenters. The summed E-state index contributed by atoms with van der Waals surface area (Å²) in [5, 5.41) is 4.89. The van der Waals surface area contributed by atoms with E-state index in [4.69, 9.17) is 9.47 Å². The quantitative estimate of drug-likeness (QED) is 0.195. The standard InChI is InChI=1S/C30H33F4N5O3Se/c1-38-13-9-23(22(31)17-38)37-24-6-4-12-39-26(24)15-20(29(39)43-30(32,33)34)5-3-11-35-25-8-7-19(16-27(25)41-2)28(40)36-21-10-14-42-18-21/h4,6-8,12,15-16,21-23,35,37H,9-11,13-14,17-18H2,1-2H3,(H,36,40)/t21-,22+,23-/m1/s1. The van der Waals surface area contributed by atoms with Crippen LogP contribution in [0.2, 0.25) is 0 Å². The van der Waals surface area contributed by atoms with Crippen LogP contribution < -0.4 is 25.3 Å². The molecule has 0 spiro atoms. The topological polar surface area (TPSA) is 79.3 Å². The number of alkyl halides is 4. The summed E-state index contributed by atoms with van der Waals surface area (Å²) in [6.07, 6.45) is 1.83. The molecule has 3 atom stereocenters. The van der Waals surface area contributed by atoms with Crippen LogP contribution in [0.1, 0.15) is 28.8 Å². The number of piperidine rings is 1. The molecule has 0 bridgehead atoms. The van der Waals surface area contributed by atoms with E-state index in [1.54, 1.807) is 42.6 Å². The Balaban J connectivity index is 1.33. The minimum absolute atomic E-state index is 0.0251. The summed E-state index contributed by atoms with van der Waals surface area (Å²) in [7, 11) is 3.35. The number of pyridine rings is 1. The zero-order valence-corrected chi connectivity index (χ0v) is 25.5. The maximum atomic E-state index is 14.7. The number of anilines is 2. The Hall–Kier alpha value is -3.43. The normalized spacial score (nSPS) is 20.8. The van der Waals surface area contributed by atoms with Gasteiger partial charge in [-0.3, -0.25) is 0 Å². The molecule has 0 aliphatic carbocycles. The van der Waals surface area contributed by atoms with Gasteiger partial charge in [0.05, 0.1) is 12.6 Å². The second-order valence-electron chi connectivity index (χ2n) is 10.5. The first-order valence-corrected chi connectivity index (χ1v) is 15.6. The summed E-state index contributed by atoms with van der Waals surface area (Å²) < 4.78 is 67.9. The molecule has 230 valence electrons. The van der Waals surface area contributed by atoms with Gasteiger partial charge in [0.1, 0.15) is 0 Å². The average molecular weight is 667 g/mol. The van der Waals surface area contributed by atoms with Crippen LogP contribution in [0.15, 0.2) is 42.6 Å². The molecule has 13 heteroatoms. The van der Waals surface area contributed by atoms with Crippen molar-refractivity contribution in [3.8, 4) is 17.6 Å². The zero-order chi connectivity index (χ0) is 30.6.